The van der Waals surface area contributed by atoms with Gasteiger partial charge in [-0.25, -0.2) is 9.97 Å². The molecule has 2 rings (SSSR count). The summed E-state index contributed by atoms with van der Waals surface area (Å²) in [6.07, 6.45) is 2.86. The summed E-state index contributed by atoms with van der Waals surface area (Å²) in [7, 11) is 0. The highest BCUT2D eigenvalue weighted by Crippen LogP contribution is 2.33. The average Bonchev–Trinajstić information content (AvgIpc) is 2.33. The largest absolute Gasteiger partial charge is 0.244 e. The Hall–Kier alpha value is -1.63. The fourth-order valence-electron chi connectivity index (χ4n) is 1.33. The molecular weight excluding hydrogens is 245 g/mol. The second-order valence-corrected chi connectivity index (χ2v) is 3.78. The SMILES string of the molecule is N#Cc1ncncc1-c1cccc(Cl)c1Cl. The predicted molar refractivity (Wildman–Crippen MR) is 62.2 cm³/mol. The lowest BCUT2D eigenvalue weighted by Crippen LogP contribution is -1.91. The Morgan fingerprint density at radius 1 is 1.19 bits per heavy atom. The van der Waals surface area contributed by atoms with Gasteiger partial charge in [0.25, 0.3) is 0 Å². The van der Waals surface area contributed by atoms with Crippen molar-refractivity contribution in [3.05, 3.63) is 46.5 Å². The number of hydrogen-bond acceptors (Lipinski definition) is 3. The van der Waals surface area contributed by atoms with E-state index in [1.807, 2.05) is 6.07 Å². The molecule has 5 heteroatoms. The zero-order valence-electron chi connectivity index (χ0n) is 7.98. The lowest BCUT2D eigenvalue weighted by molar-refractivity contribution is 1.14. The van der Waals surface area contributed by atoms with Crippen molar-refractivity contribution in [1.29, 1.82) is 5.26 Å². The highest BCUT2D eigenvalue weighted by molar-refractivity contribution is 6.43. The first-order valence-electron chi connectivity index (χ1n) is 4.38. The van der Waals surface area contributed by atoms with E-state index >= 15 is 0 Å². The van der Waals surface area contributed by atoms with Crippen molar-refractivity contribution in [3.63, 3.8) is 0 Å². The molecule has 0 fully saturated rings. The molecule has 0 N–H and O–H groups in total. The zero-order chi connectivity index (χ0) is 11.5. The van der Waals surface area contributed by atoms with Crippen LogP contribution < -0.4 is 0 Å². The fraction of sp³-hybridized carbons (Fsp3) is 0. The van der Waals surface area contributed by atoms with E-state index < -0.39 is 0 Å². The number of aromatic nitrogens is 2. The van der Waals surface area contributed by atoms with Crippen molar-refractivity contribution >= 4 is 23.2 Å². The maximum absolute atomic E-state index is 8.92. The Labute approximate surface area is 102 Å². The van der Waals surface area contributed by atoms with E-state index in [-0.39, 0.29) is 5.69 Å². The van der Waals surface area contributed by atoms with Crippen LogP contribution in [-0.2, 0) is 0 Å². The molecule has 0 spiro atoms. The van der Waals surface area contributed by atoms with Crippen LogP contribution in [0.15, 0.2) is 30.7 Å². The summed E-state index contributed by atoms with van der Waals surface area (Å²) in [5, 5.41) is 9.76. The van der Waals surface area contributed by atoms with E-state index in [0.29, 0.717) is 21.2 Å². The summed E-state index contributed by atoms with van der Waals surface area (Å²) in [6.45, 7) is 0. The van der Waals surface area contributed by atoms with Gasteiger partial charge in [0, 0.05) is 17.3 Å². The molecule has 0 aliphatic heterocycles. The first kappa shape index (κ1) is 10.9. The van der Waals surface area contributed by atoms with Gasteiger partial charge in [-0.1, -0.05) is 35.3 Å². The van der Waals surface area contributed by atoms with Gasteiger partial charge in [-0.2, -0.15) is 5.26 Å². The number of rotatable bonds is 1. The third-order valence-corrected chi connectivity index (χ3v) is 2.88. The third-order valence-electron chi connectivity index (χ3n) is 2.06. The monoisotopic (exact) mass is 249 g/mol. The van der Waals surface area contributed by atoms with Gasteiger partial charge in [0.05, 0.1) is 10.0 Å². The van der Waals surface area contributed by atoms with Gasteiger partial charge < -0.3 is 0 Å². The minimum atomic E-state index is 0.277. The fourth-order valence-corrected chi connectivity index (χ4v) is 1.73. The van der Waals surface area contributed by atoms with Crippen LogP contribution in [0, 0.1) is 11.3 Å². The van der Waals surface area contributed by atoms with Crippen LogP contribution in [0.25, 0.3) is 11.1 Å². The van der Waals surface area contributed by atoms with Crippen LogP contribution in [0.2, 0.25) is 10.0 Å². The summed E-state index contributed by atoms with van der Waals surface area (Å²) in [6, 6.07) is 7.20. The van der Waals surface area contributed by atoms with Gasteiger partial charge in [-0.05, 0) is 6.07 Å². The van der Waals surface area contributed by atoms with Crippen LogP contribution in [-0.4, -0.2) is 9.97 Å². The lowest BCUT2D eigenvalue weighted by Gasteiger charge is -2.05. The van der Waals surface area contributed by atoms with E-state index in [4.69, 9.17) is 28.5 Å². The summed E-state index contributed by atoms with van der Waals surface area (Å²) in [4.78, 5) is 7.75. The molecule has 16 heavy (non-hydrogen) atoms. The van der Waals surface area contributed by atoms with E-state index in [1.165, 1.54) is 6.33 Å². The van der Waals surface area contributed by atoms with Crippen LogP contribution in [0.5, 0.6) is 0 Å². The maximum Gasteiger partial charge on any atom is 0.151 e. The molecule has 0 bridgehead atoms. The molecule has 0 atom stereocenters. The molecule has 2 aromatic rings. The summed E-state index contributed by atoms with van der Waals surface area (Å²) < 4.78 is 0. The van der Waals surface area contributed by atoms with Crippen molar-refractivity contribution in [2.24, 2.45) is 0 Å². The molecule has 1 heterocycles. The lowest BCUT2D eigenvalue weighted by atomic mass is 10.1. The highest BCUT2D eigenvalue weighted by atomic mass is 35.5. The molecule has 1 aromatic heterocycles. The van der Waals surface area contributed by atoms with Crippen LogP contribution in [0.1, 0.15) is 5.69 Å². The number of halogens is 2. The second-order valence-electron chi connectivity index (χ2n) is 3.00. The third kappa shape index (κ3) is 1.85. The van der Waals surface area contributed by atoms with Crippen LogP contribution in [0.4, 0.5) is 0 Å². The average molecular weight is 250 g/mol. The minimum absolute atomic E-state index is 0.277. The molecule has 0 unspecified atom stereocenters. The van der Waals surface area contributed by atoms with Gasteiger partial charge in [-0.15, -0.1) is 0 Å². The summed E-state index contributed by atoms with van der Waals surface area (Å²) in [5.41, 5.74) is 1.52. The van der Waals surface area contributed by atoms with E-state index in [9.17, 15) is 0 Å². The Morgan fingerprint density at radius 2 is 2.00 bits per heavy atom. The Bertz CT molecular complexity index is 576. The van der Waals surface area contributed by atoms with Gasteiger partial charge >= 0.3 is 0 Å². The predicted octanol–water partition coefficient (Wildman–Crippen LogP) is 3.32. The molecule has 78 valence electrons. The summed E-state index contributed by atoms with van der Waals surface area (Å²) in [5.74, 6) is 0. The van der Waals surface area contributed by atoms with Gasteiger partial charge in [-0.3, -0.25) is 0 Å². The number of nitriles is 1. The van der Waals surface area contributed by atoms with Crippen LogP contribution >= 0.6 is 23.2 Å². The molecule has 3 nitrogen and oxygen atoms in total. The standard InChI is InChI=1S/C11H5Cl2N3/c12-9-3-1-2-7(11(9)13)8-5-15-6-16-10(8)4-14/h1-3,5-6H. The molecule has 0 radical (unpaired) electrons. The van der Waals surface area contributed by atoms with Gasteiger partial charge in [0.1, 0.15) is 12.4 Å². The van der Waals surface area contributed by atoms with Crippen molar-refractivity contribution < 1.29 is 0 Å². The normalized spacial score (nSPS) is 9.81. The first-order valence-corrected chi connectivity index (χ1v) is 5.14. The Morgan fingerprint density at radius 3 is 2.75 bits per heavy atom. The molecular formula is C11H5Cl2N3. The molecule has 0 aliphatic carbocycles. The second kappa shape index (κ2) is 4.48. The number of hydrogen-bond donors (Lipinski definition) is 0. The number of benzene rings is 1. The summed E-state index contributed by atoms with van der Waals surface area (Å²) >= 11 is 12.0. The van der Waals surface area contributed by atoms with Gasteiger partial charge in [0.2, 0.25) is 0 Å². The molecule has 1 aromatic carbocycles. The van der Waals surface area contributed by atoms with Crippen molar-refractivity contribution in [1.82, 2.24) is 9.97 Å². The van der Waals surface area contributed by atoms with Gasteiger partial charge in [0.15, 0.2) is 5.69 Å². The van der Waals surface area contributed by atoms with Crippen LogP contribution in [0.3, 0.4) is 0 Å². The Kier molecular flexibility index (Phi) is 3.04. The van der Waals surface area contributed by atoms with Crippen molar-refractivity contribution in [3.8, 4) is 17.2 Å². The zero-order valence-corrected chi connectivity index (χ0v) is 9.50. The van der Waals surface area contributed by atoms with E-state index in [2.05, 4.69) is 9.97 Å². The van der Waals surface area contributed by atoms with Crippen molar-refractivity contribution in [2.45, 2.75) is 0 Å². The van der Waals surface area contributed by atoms with Crippen molar-refractivity contribution in [2.75, 3.05) is 0 Å². The quantitative estimate of drug-likeness (QED) is 0.779. The van der Waals surface area contributed by atoms with E-state index in [0.717, 1.165) is 0 Å². The molecule has 0 aliphatic rings. The maximum atomic E-state index is 8.92. The topological polar surface area (TPSA) is 49.6 Å². The Balaban J connectivity index is 2.69. The molecule has 0 saturated heterocycles. The van der Waals surface area contributed by atoms with E-state index in [1.54, 1.807) is 24.4 Å². The smallest absolute Gasteiger partial charge is 0.151 e. The number of nitrogens with zero attached hydrogens (tertiary/aromatic N) is 3. The highest BCUT2D eigenvalue weighted by Gasteiger charge is 2.11. The minimum Gasteiger partial charge on any atom is -0.244 e. The molecule has 0 amide bonds. The first-order chi connectivity index (χ1) is 7.74. The molecule has 0 saturated carbocycles.